The first-order valence-corrected chi connectivity index (χ1v) is 14.2. The Balaban J connectivity index is 1.48. The van der Waals surface area contributed by atoms with Crippen molar-refractivity contribution in [2.75, 3.05) is 0 Å². The highest BCUT2D eigenvalue weighted by molar-refractivity contribution is 6.25. The second-order valence-corrected chi connectivity index (χ2v) is 13.0. The molecule has 3 aliphatic rings. The van der Waals surface area contributed by atoms with Gasteiger partial charge in [0, 0.05) is 12.0 Å². The minimum Gasteiger partial charge on any atom is -0.481 e. The minimum absolute atomic E-state index is 0.0201. The molecule has 9 nitrogen and oxygen atoms in total. The van der Waals surface area contributed by atoms with Crippen LogP contribution in [0.5, 0.6) is 0 Å². The molecule has 0 aromatic carbocycles. The third kappa shape index (κ3) is 6.64. The number of halogens is 2. The maximum atomic E-state index is 13.1. The lowest BCUT2D eigenvalue weighted by Gasteiger charge is -2.38. The van der Waals surface area contributed by atoms with Crippen molar-refractivity contribution in [3.05, 3.63) is 0 Å². The Morgan fingerprint density at radius 3 is 2.00 bits per heavy atom. The highest BCUT2D eigenvalue weighted by atomic mass is 35.5. The second-order valence-electron chi connectivity index (χ2n) is 11.9. The lowest BCUT2D eigenvalue weighted by atomic mass is 9.65. The molecule has 37 heavy (non-hydrogen) atoms. The van der Waals surface area contributed by atoms with Gasteiger partial charge in [0.25, 0.3) is 0 Å². The summed E-state index contributed by atoms with van der Waals surface area (Å²) in [5.41, 5.74) is -1.85. The molecule has 3 amide bonds. The fraction of sp³-hybridized carbons (Fsp3) is 0.846. The van der Waals surface area contributed by atoms with Gasteiger partial charge in [0.1, 0.15) is 6.04 Å². The SMILES string of the molecule is CC1(C)[C@@H](C(=O)N[C@@H](CC2CCC(NC(=O)NC3C(Cl)CCCC3Cl)CC2)C(=O)O)CC[C@@]1(C)C(=O)O. The maximum Gasteiger partial charge on any atom is 0.326 e. The Bertz CT molecular complexity index is 868. The van der Waals surface area contributed by atoms with Gasteiger partial charge in [0.05, 0.1) is 22.2 Å². The first kappa shape index (κ1) is 29.8. The van der Waals surface area contributed by atoms with E-state index in [0.29, 0.717) is 32.1 Å². The van der Waals surface area contributed by atoms with Crippen LogP contribution in [-0.2, 0) is 14.4 Å². The molecule has 0 aromatic heterocycles. The zero-order valence-corrected chi connectivity index (χ0v) is 23.4. The number of carbonyl (C=O) groups excluding carboxylic acids is 2. The summed E-state index contributed by atoms with van der Waals surface area (Å²) >= 11 is 12.7. The van der Waals surface area contributed by atoms with E-state index in [4.69, 9.17) is 23.2 Å². The lowest BCUT2D eigenvalue weighted by Crippen LogP contribution is -2.54. The number of carboxylic acid groups (broad SMARTS) is 2. The number of hydrogen-bond acceptors (Lipinski definition) is 4. The summed E-state index contributed by atoms with van der Waals surface area (Å²) in [6, 6.07) is -1.61. The van der Waals surface area contributed by atoms with Crippen LogP contribution in [-0.4, -0.2) is 63.0 Å². The molecule has 0 bridgehead atoms. The zero-order chi connectivity index (χ0) is 27.5. The monoisotopic (exact) mass is 561 g/mol. The number of alkyl halides is 2. The molecule has 0 saturated heterocycles. The van der Waals surface area contributed by atoms with Crippen molar-refractivity contribution in [2.45, 2.75) is 114 Å². The number of aliphatic carboxylic acids is 2. The molecular weight excluding hydrogens is 521 g/mol. The van der Waals surface area contributed by atoms with Crippen molar-refractivity contribution in [3.63, 3.8) is 0 Å². The van der Waals surface area contributed by atoms with E-state index < -0.39 is 40.6 Å². The molecule has 0 spiro atoms. The fourth-order valence-corrected chi connectivity index (χ4v) is 7.22. The van der Waals surface area contributed by atoms with E-state index in [2.05, 4.69) is 16.0 Å². The Labute approximate surface area is 228 Å². The highest BCUT2D eigenvalue weighted by Crippen LogP contribution is 2.56. The van der Waals surface area contributed by atoms with E-state index in [0.717, 1.165) is 32.1 Å². The van der Waals surface area contributed by atoms with Crippen LogP contribution in [0.15, 0.2) is 0 Å². The van der Waals surface area contributed by atoms with Crippen molar-refractivity contribution in [3.8, 4) is 0 Å². The molecule has 11 heteroatoms. The van der Waals surface area contributed by atoms with Crippen LogP contribution in [0.2, 0.25) is 0 Å². The van der Waals surface area contributed by atoms with Crippen molar-refractivity contribution in [2.24, 2.45) is 22.7 Å². The predicted molar refractivity (Wildman–Crippen MR) is 141 cm³/mol. The molecule has 0 aliphatic heterocycles. The summed E-state index contributed by atoms with van der Waals surface area (Å²) in [4.78, 5) is 49.4. The number of carboxylic acids is 2. The van der Waals surface area contributed by atoms with E-state index in [9.17, 15) is 29.4 Å². The van der Waals surface area contributed by atoms with Crippen LogP contribution in [0, 0.1) is 22.7 Å². The maximum absolute atomic E-state index is 13.1. The van der Waals surface area contributed by atoms with E-state index in [1.807, 2.05) is 0 Å². The standard InChI is InChI=1S/C26H41Cl2N3O6/c1-25(2)16(11-12-26(25,3)23(35)36)21(32)30-19(22(33)34)13-14-7-9-15(10-8-14)29-24(37)31-20-17(27)5-4-6-18(20)28/h14-20H,4-13H2,1-3H3,(H,30,32)(H,33,34)(H,35,36)(H2,29,31,37)/t14?,15?,16-,17?,18?,19+,20?,26+/m1/s1. The van der Waals surface area contributed by atoms with Crippen LogP contribution < -0.4 is 16.0 Å². The molecule has 3 fully saturated rings. The zero-order valence-electron chi connectivity index (χ0n) is 21.9. The summed E-state index contributed by atoms with van der Waals surface area (Å²) in [5, 5.41) is 27.7. The van der Waals surface area contributed by atoms with Crippen molar-refractivity contribution < 1.29 is 29.4 Å². The van der Waals surface area contributed by atoms with Gasteiger partial charge in [-0.3, -0.25) is 9.59 Å². The van der Waals surface area contributed by atoms with Crippen LogP contribution in [0.3, 0.4) is 0 Å². The van der Waals surface area contributed by atoms with E-state index in [-0.39, 0.29) is 34.8 Å². The molecule has 0 aromatic rings. The van der Waals surface area contributed by atoms with Crippen LogP contribution in [0.25, 0.3) is 0 Å². The lowest BCUT2D eigenvalue weighted by molar-refractivity contribution is -0.155. The van der Waals surface area contributed by atoms with Gasteiger partial charge in [-0.25, -0.2) is 9.59 Å². The van der Waals surface area contributed by atoms with E-state index >= 15 is 0 Å². The summed E-state index contributed by atoms with van der Waals surface area (Å²) in [7, 11) is 0. The first-order valence-electron chi connectivity index (χ1n) is 13.4. The topological polar surface area (TPSA) is 145 Å². The summed E-state index contributed by atoms with van der Waals surface area (Å²) < 4.78 is 0. The number of amides is 3. The molecule has 3 aliphatic carbocycles. The van der Waals surface area contributed by atoms with Crippen molar-refractivity contribution in [1.29, 1.82) is 0 Å². The first-order chi connectivity index (χ1) is 17.3. The van der Waals surface area contributed by atoms with Gasteiger partial charge in [0.15, 0.2) is 0 Å². The third-order valence-corrected chi connectivity index (χ3v) is 10.4. The molecule has 3 saturated carbocycles. The average Bonchev–Trinajstić information content (AvgIpc) is 3.07. The van der Waals surface area contributed by atoms with Crippen LogP contribution in [0.4, 0.5) is 4.79 Å². The largest absolute Gasteiger partial charge is 0.481 e. The van der Waals surface area contributed by atoms with Gasteiger partial charge >= 0.3 is 18.0 Å². The van der Waals surface area contributed by atoms with Gasteiger partial charge in [-0.1, -0.05) is 20.3 Å². The summed E-state index contributed by atoms with van der Waals surface area (Å²) in [6.45, 7) is 5.20. The number of carbonyl (C=O) groups is 4. The predicted octanol–water partition coefficient (Wildman–Crippen LogP) is 4.10. The Hall–Kier alpha value is -1.74. The van der Waals surface area contributed by atoms with Gasteiger partial charge in [-0.15, -0.1) is 23.2 Å². The average molecular weight is 563 g/mol. The van der Waals surface area contributed by atoms with Gasteiger partial charge < -0.3 is 26.2 Å². The normalized spacial score (nSPS) is 36.2. The van der Waals surface area contributed by atoms with Gasteiger partial charge in [-0.05, 0) is 76.0 Å². The molecule has 0 radical (unpaired) electrons. The molecule has 3 rings (SSSR count). The minimum atomic E-state index is -1.09. The third-order valence-electron chi connectivity index (χ3n) is 9.42. The quantitative estimate of drug-likeness (QED) is 0.282. The molecule has 5 atom stereocenters. The van der Waals surface area contributed by atoms with Crippen LogP contribution in [0.1, 0.15) is 85.0 Å². The number of rotatable bonds is 8. The van der Waals surface area contributed by atoms with Crippen molar-refractivity contribution in [1.82, 2.24) is 16.0 Å². The fourth-order valence-electron chi connectivity index (χ4n) is 6.36. The Kier molecular flexibility index (Phi) is 9.65. The molecular formula is C26H41Cl2N3O6. The molecule has 5 N–H and O–H groups in total. The molecule has 0 heterocycles. The highest BCUT2D eigenvalue weighted by Gasteiger charge is 2.58. The van der Waals surface area contributed by atoms with Gasteiger partial charge in [0.2, 0.25) is 5.91 Å². The molecule has 210 valence electrons. The van der Waals surface area contributed by atoms with Gasteiger partial charge in [-0.2, -0.15) is 0 Å². The smallest absolute Gasteiger partial charge is 0.326 e. The second kappa shape index (κ2) is 12.0. The summed E-state index contributed by atoms with van der Waals surface area (Å²) in [5.74, 6) is -2.90. The summed E-state index contributed by atoms with van der Waals surface area (Å²) in [6.07, 6.45) is 6.55. The van der Waals surface area contributed by atoms with Crippen molar-refractivity contribution >= 4 is 47.1 Å². The van der Waals surface area contributed by atoms with E-state index in [1.54, 1.807) is 20.8 Å². The number of urea groups is 1. The molecule has 2 unspecified atom stereocenters. The number of hydrogen-bond donors (Lipinski definition) is 5. The Morgan fingerprint density at radius 1 is 0.892 bits per heavy atom. The van der Waals surface area contributed by atoms with E-state index in [1.165, 1.54) is 0 Å². The Morgan fingerprint density at radius 2 is 1.49 bits per heavy atom. The number of nitrogens with one attached hydrogen (secondary N) is 3. The van der Waals surface area contributed by atoms with Crippen LogP contribution >= 0.6 is 23.2 Å².